The van der Waals surface area contributed by atoms with Crippen LogP contribution in [-0.2, 0) is 0 Å². The predicted octanol–water partition coefficient (Wildman–Crippen LogP) is 1.49. The summed E-state index contributed by atoms with van der Waals surface area (Å²) in [6.07, 6.45) is -1.91. The molecule has 94 valence electrons. The van der Waals surface area contributed by atoms with Gasteiger partial charge in [-0.2, -0.15) is 13.2 Å². The zero-order valence-electron chi connectivity index (χ0n) is 8.42. The number of oxime groups is 1. The number of alkyl halides is 3. The quantitative estimate of drug-likeness (QED) is 0.215. The topological polar surface area (TPSA) is 84.4 Å². The zero-order chi connectivity index (χ0) is 12.9. The van der Waals surface area contributed by atoms with Gasteiger partial charge in [0.1, 0.15) is 12.2 Å². The van der Waals surface area contributed by atoms with E-state index in [9.17, 15) is 13.2 Å². The van der Waals surface area contributed by atoms with Crippen LogP contribution in [0.3, 0.4) is 0 Å². The van der Waals surface area contributed by atoms with Crippen LogP contribution in [0.1, 0.15) is 0 Å². The van der Waals surface area contributed by atoms with Gasteiger partial charge in [0.05, 0.1) is 5.03 Å². The molecule has 0 radical (unpaired) electrons. The molecular formula is C8H9F3N4OS. The van der Waals surface area contributed by atoms with Gasteiger partial charge in [0.2, 0.25) is 0 Å². The first-order valence-corrected chi connectivity index (χ1v) is 5.36. The van der Waals surface area contributed by atoms with E-state index in [1.807, 2.05) is 0 Å². The Morgan fingerprint density at radius 2 is 2.29 bits per heavy atom. The van der Waals surface area contributed by atoms with Crippen molar-refractivity contribution in [1.29, 1.82) is 0 Å². The fourth-order valence-corrected chi connectivity index (χ4v) is 1.93. The fraction of sp³-hybridized carbons (Fsp3) is 0.375. The Hall–Kier alpha value is -1.51. The van der Waals surface area contributed by atoms with Crippen LogP contribution in [0.5, 0.6) is 0 Å². The highest BCUT2D eigenvalue weighted by Crippen LogP contribution is 2.31. The Labute approximate surface area is 98.9 Å². The van der Waals surface area contributed by atoms with Gasteiger partial charge < -0.3 is 10.9 Å². The number of halogens is 3. The van der Waals surface area contributed by atoms with Crippen LogP contribution < -0.4 is 5.73 Å². The van der Waals surface area contributed by atoms with E-state index in [0.717, 1.165) is 11.8 Å². The molecule has 17 heavy (non-hydrogen) atoms. The summed E-state index contributed by atoms with van der Waals surface area (Å²) in [6.45, 7) is 0. The lowest BCUT2D eigenvalue weighted by Crippen LogP contribution is -2.37. The Morgan fingerprint density at radius 1 is 1.59 bits per heavy atom. The van der Waals surface area contributed by atoms with Crippen molar-refractivity contribution < 1.29 is 18.4 Å². The van der Waals surface area contributed by atoms with E-state index in [1.54, 1.807) is 0 Å². The van der Waals surface area contributed by atoms with Crippen LogP contribution in [0.4, 0.5) is 13.2 Å². The predicted molar refractivity (Wildman–Crippen MR) is 55.7 cm³/mol. The third-order valence-electron chi connectivity index (χ3n) is 1.82. The average molecular weight is 266 g/mol. The standard InChI is InChI=1S/C8H9F3N4OS/c9-8(10,11)5(7(12)15-16)3-17-6-1-2-13-4-14-6/h1-2,4-5,16H,3H2,(H2,12,15). The number of amidine groups is 1. The fourth-order valence-electron chi connectivity index (χ4n) is 0.950. The Balaban J connectivity index is 2.69. The number of thioether (sulfide) groups is 1. The summed E-state index contributed by atoms with van der Waals surface area (Å²) in [4.78, 5) is 7.40. The van der Waals surface area contributed by atoms with E-state index < -0.39 is 23.7 Å². The first-order chi connectivity index (χ1) is 7.95. The van der Waals surface area contributed by atoms with Crippen molar-refractivity contribution >= 4 is 17.6 Å². The van der Waals surface area contributed by atoms with E-state index >= 15 is 0 Å². The van der Waals surface area contributed by atoms with Gasteiger partial charge in [-0.25, -0.2) is 9.97 Å². The zero-order valence-corrected chi connectivity index (χ0v) is 9.24. The number of rotatable bonds is 4. The number of nitrogens with zero attached hydrogens (tertiary/aromatic N) is 3. The summed E-state index contributed by atoms with van der Waals surface area (Å²) in [7, 11) is 0. The molecule has 0 bridgehead atoms. The molecule has 0 saturated heterocycles. The normalized spacial score (nSPS) is 14.6. The summed E-state index contributed by atoms with van der Waals surface area (Å²) < 4.78 is 37.6. The minimum absolute atomic E-state index is 0.389. The monoisotopic (exact) mass is 266 g/mol. The second-order valence-corrected chi connectivity index (χ2v) is 4.02. The number of aromatic nitrogens is 2. The van der Waals surface area contributed by atoms with Crippen LogP contribution in [-0.4, -0.2) is 32.9 Å². The molecule has 0 amide bonds. The van der Waals surface area contributed by atoms with Crippen LogP contribution in [0.2, 0.25) is 0 Å². The molecule has 1 unspecified atom stereocenters. The van der Waals surface area contributed by atoms with E-state index in [-0.39, 0.29) is 0 Å². The summed E-state index contributed by atoms with van der Waals surface area (Å²) in [5.74, 6) is -3.28. The van der Waals surface area contributed by atoms with Gasteiger partial charge in [0.15, 0.2) is 5.84 Å². The SMILES string of the molecule is N/C(=N/O)C(CSc1ccncn1)C(F)(F)F. The van der Waals surface area contributed by atoms with Crippen LogP contribution >= 0.6 is 11.8 Å². The van der Waals surface area contributed by atoms with Crippen molar-refractivity contribution in [3.05, 3.63) is 18.6 Å². The van der Waals surface area contributed by atoms with E-state index in [0.29, 0.717) is 5.03 Å². The van der Waals surface area contributed by atoms with Crippen molar-refractivity contribution in [2.24, 2.45) is 16.8 Å². The molecule has 1 aromatic heterocycles. The van der Waals surface area contributed by atoms with Gasteiger partial charge >= 0.3 is 6.18 Å². The van der Waals surface area contributed by atoms with Gasteiger partial charge in [0, 0.05) is 11.9 Å². The molecule has 1 rings (SSSR count). The van der Waals surface area contributed by atoms with Crippen LogP contribution in [0.15, 0.2) is 28.8 Å². The summed E-state index contributed by atoms with van der Waals surface area (Å²) in [5.41, 5.74) is 5.00. The Kier molecular flexibility index (Phi) is 4.55. The van der Waals surface area contributed by atoms with Crippen molar-refractivity contribution in [2.45, 2.75) is 11.2 Å². The molecule has 0 aromatic carbocycles. The summed E-state index contributed by atoms with van der Waals surface area (Å²) in [6, 6.07) is 1.48. The van der Waals surface area contributed by atoms with Crippen molar-refractivity contribution in [3.63, 3.8) is 0 Å². The number of hydrogen-bond acceptors (Lipinski definition) is 5. The largest absolute Gasteiger partial charge is 0.409 e. The lowest BCUT2D eigenvalue weighted by Gasteiger charge is -2.17. The third-order valence-corrected chi connectivity index (χ3v) is 2.86. The van der Waals surface area contributed by atoms with Gasteiger partial charge in [0.25, 0.3) is 0 Å². The molecule has 0 saturated carbocycles. The van der Waals surface area contributed by atoms with Crippen molar-refractivity contribution in [3.8, 4) is 0 Å². The first-order valence-electron chi connectivity index (χ1n) is 4.38. The maximum absolute atomic E-state index is 12.5. The first kappa shape index (κ1) is 13.6. The van der Waals surface area contributed by atoms with Crippen LogP contribution in [0, 0.1) is 5.92 Å². The third kappa shape index (κ3) is 4.10. The second-order valence-electron chi connectivity index (χ2n) is 2.98. The molecule has 1 atom stereocenters. The maximum Gasteiger partial charge on any atom is 0.399 e. The highest BCUT2D eigenvalue weighted by molar-refractivity contribution is 7.99. The number of hydrogen-bond donors (Lipinski definition) is 2. The average Bonchev–Trinajstić information content (AvgIpc) is 2.28. The van der Waals surface area contributed by atoms with Gasteiger partial charge in [-0.1, -0.05) is 5.16 Å². The van der Waals surface area contributed by atoms with E-state index in [2.05, 4.69) is 15.1 Å². The lowest BCUT2D eigenvalue weighted by molar-refractivity contribution is -0.150. The van der Waals surface area contributed by atoms with E-state index in [1.165, 1.54) is 18.6 Å². The Morgan fingerprint density at radius 3 is 2.76 bits per heavy atom. The molecule has 5 nitrogen and oxygen atoms in total. The molecular weight excluding hydrogens is 257 g/mol. The van der Waals surface area contributed by atoms with Gasteiger partial charge in [-0.3, -0.25) is 0 Å². The summed E-state index contributed by atoms with van der Waals surface area (Å²) in [5, 5.41) is 11.1. The molecule has 0 aliphatic carbocycles. The van der Waals surface area contributed by atoms with Crippen LogP contribution in [0.25, 0.3) is 0 Å². The molecule has 1 aromatic rings. The lowest BCUT2D eigenvalue weighted by atomic mass is 10.1. The molecule has 0 fully saturated rings. The summed E-state index contributed by atoms with van der Waals surface area (Å²) >= 11 is 0.856. The van der Waals surface area contributed by atoms with Crippen molar-refractivity contribution in [2.75, 3.05) is 5.75 Å². The Bertz CT molecular complexity index is 384. The van der Waals surface area contributed by atoms with E-state index in [4.69, 9.17) is 10.9 Å². The minimum Gasteiger partial charge on any atom is -0.409 e. The van der Waals surface area contributed by atoms with Gasteiger partial charge in [-0.05, 0) is 6.07 Å². The van der Waals surface area contributed by atoms with Gasteiger partial charge in [-0.15, -0.1) is 11.8 Å². The smallest absolute Gasteiger partial charge is 0.399 e. The molecule has 3 N–H and O–H groups in total. The van der Waals surface area contributed by atoms with Crippen molar-refractivity contribution in [1.82, 2.24) is 9.97 Å². The maximum atomic E-state index is 12.5. The highest BCUT2D eigenvalue weighted by Gasteiger charge is 2.42. The second kappa shape index (κ2) is 5.71. The highest BCUT2D eigenvalue weighted by atomic mass is 32.2. The molecule has 1 heterocycles. The molecule has 9 heteroatoms. The number of nitrogens with two attached hydrogens (primary N) is 1. The minimum atomic E-state index is -4.56. The molecule has 0 spiro atoms. The molecule has 0 aliphatic rings. The molecule has 0 aliphatic heterocycles.